The van der Waals surface area contributed by atoms with Gasteiger partial charge in [-0.3, -0.25) is 9.10 Å². The Morgan fingerprint density at radius 2 is 1.95 bits per heavy atom. The molecular formula is C15H13NO4S. The fraction of sp³-hybridized carbons (Fsp3) is 0.133. The first kappa shape index (κ1) is 13.6. The number of carbonyl (C=O) groups is 1. The van der Waals surface area contributed by atoms with Crippen molar-refractivity contribution in [2.75, 3.05) is 17.5 Å². The van der Waals surface area contributed by atoms with E-state index in [-0.39, 0.29) is 18.0 Å². The van der Waals surface area contributed by atoms with Crippen LogP contribution in [-0.4, -0.2) is 27.5 Å². The lowest BCUT2D eigenvalue weighted by atomic mass is 10.1. The molecule has 5 nitrogen and oxygen atoms in total. The molecule has 108 valence electrons. The van der Waals surface area contributed by atoms with Crippen LogP contribution in [0.1, 0.15) is 0 Å². The largest absolute Gasteiger partial charge is 0.460 e. The minimum Gasteiger partial charge on any atom is -0.460 e. The molecule has 0 saturated heterocycles. The number of carbonyl (C=O) groups excluding carboxylic acids is 1. The summed E-state index contributed by atoms with van der Waals surface area (Å²) < 4.78 is 31.1. The van der Waals surface area contributed by atoms with Gasteiger partial charge in [0.15, 0.2) is 0 Å². The highest BCUT2D eigenvalue weighted by molar-refractivity contribution is 7.93. The van der Waals surface area contributed by atoms with E-state index < -0.39 is 16.0 Å². The van der Waals surface area contributed by atoms with Crippen molar-refractivity contribution < 1.29 is 17.9 Å². The number of ether oxygens (including phenoxy) is 1. The standard InChI is InChI=1S/C15H13NO4S/c1-2-9-20-14(17)10-16-12-7-3-5-11-6-4-8-13(15(11)12)21(16,18)19/h2-8H,1,9-10H2. The Morgan fingerprint density at radius 1 is 1.24 bits per heavy atom. The Balaban J connectivity index is 2.07. The number of anilines is 1. The average molecular weight is 303 g/mol. The second kappa shape index (κ2) is 4.89. The van der Waals surface area contributed by atoms with E-state index in [9.17, 15) is 13.2 Å². The van der Waals surface area contributed by atoms with Crippen LogP contribution in [-0.2, 0) is 19.6 Å². The monoisotopic (exact) mass is 303 g/mol. The summed E-state index contributed by atoms with van der Waals surface area (Å²) in [5.74, 6) is -0.608. The van der Waals surface area contributed by atoms with E-state index in [1.807, 2.05) is 12.1 Å². The minimum absolute atomic E-state index is 0.0594. The molecule has 1 heterocycles. The van der Waals surface area contributed by atoms with Crippen LogP contribution in [0.25, 0.3) is 10.8 Å². The van der Waals surface area contributed by atoms with Crippen molar-refractivity contribution in [3.8, 4) is 0 Å². The third-order valence-corrected chi connectivity index (χ3v) is 5.12. The zero-order valence-electron chi connectivity index (χ0n) is 11.2. The number of rotatable bonds is 4. The highest BCUT2D eigenvalue weighted by atomic mass is 32.2. The number of hydrogen-bond donors (Lipinski definition) is 0. The van der Waals surface area contributed by atoms with Crippen LogP contribution in [0.2, 0.25) is 0 Å². The highest BCUT2D eigenvalue weighted by Gasteiger charge is 2.36. The molecular weight excluding hydrogens is 290 g/mol. The topological polar surface area (TPSA) is 63.7 Å². The first-order chi connectivity index (χ1) is 10.1. The van der Waals surface area contributed by atoms with Crippen molar-refractivity contribution in [1.82, 2.24) is 0 Å². The summed E-state index contributed by atoms with van der Waals surface area (Å²) in [5.41, 5.74) is 0.513. The lowest BCUT2D eigenvalue weighted by Gasteiger charge is -2.17. The van der Waals surface area contributed by atoms with E-state index in [4.69, 9.17) is 4.74 Å². The second-order valence-corrected chi connectivity index (χ2v) is 6.45. The molecule has 2 aromatic rings. The van der Waals surface area contributed by atoms with Gasteiger partial charge in [0.2, 0.25) is 0 Å². The molecule has 0 saturated carbocycles. The van der Waals surface area contributed by atoms with Crippen LogP contribution in [0.3, 0.4) is 0 Å². The smallest absolute Gasteiger partial charge is 0.327 e. The number of nitrogens with zero attached hydrogens (tertiary/aromatic N) is 1. The van der Waals surface area contributed by atoms with Crippen molar-refractivity contribution in [3.05, 3.63) is 49.1 Å². The quantitative estimate of drug-likeness (QED) is 0.641. The van der Waals surface area contributed by atoms with Gasteiger partial charge in [-0.1, -0.05) is 36.9 Å². The summed E-state index contributed by atoms with van der Waals surface area (Å²) >= 11 is 0. The summed E-state index contributed by atoms with van der Waals surface area (Å²) in [7, 11) is -3.71. The van der Waals surface area contributed by atoms with Crippen LogP contribution >= 0.6 is 0 Å². The normalized spacial score (nSPS) is 15.1. The van der Waals surface area contributed by atoms with E-state index in [1.165, 1.54) is 6.08 Å². The summed E-state index contributed by atoms with van der Waals surface area (Å²) in [6.07, 6.45) is 1.44. The molecule has 0 aromatic heterocycles. The van der Waals surface area contributed by atoms with Gasteiger partial charge < -0.3 is 4.74 Å². The van der Waals surface area contributed by atoms with Gasteiger partial charge in [0.05, 0.1) is 10.6 Å². The summed E-state index contributed by atoms with van der Waals surface area (Å²) in [6.45, 7) is 3.16. The van der Waals surface area contributed by atoms with Crippen molar-refractivity contribution in [3.63, 3.8) is 0 Å². The van der Waals surface area contributed by atoms with Crippen molar-refractivity contribution >= 4 is 32.5 Å². The average Bonchev–Trinajstić information content (AvgIpc) is 2.69. The molecule has 2 aromatic carbocycles. The van der Waals surface area contributed by atoms with Gasteiger partial charge in [-0.05, 0) is 17.5 Å². The molecule has 0 unspecified atom stereocenters. The molecule has 1 aliphatic rings. The molecule has 0 amide bonds. The van der Waals surface area contributed by atoms with Crippen molar-refractivity contribution in [1.29, 1.82) is 0 Å². The molecule has 0 spiro atoms. The molecule has 0 atom stereocenters. The number of hydrogen-bond acceptors (Lipinski definition) is 4. The number of sulfonamides is 1. The van der Waals surface area contributed by atoms with E-state index in [1.54, 1.807) is 24.3 Å². The van der Waals surface area contributed by atoms with Gasteiger partial charge in [0.25, 0.3) is 10.0 Å². The second-order valence-electron chi connectivity index (χ2n) is 4.61. The first-order valence-corrected chi connectivity index (χ1v) is 7.80. The van der Waals surface area contributed by atoms with Crippen molar-refractivity contribution in [2.45, 2.75) is 4.90 Å². The van der Waals surface area contributed by atoms with Gasteiger partial charge in [-0.2, -0.15) is 0 Å². The molecule has 21 heavy (non-hydrogen) atoms. The minimum atomic E-state index is -3.71. The number of esters is 1. The van der Waals surface area contributed by atoms with Gasteiger partial charge in [0, 0.05) is 5.39 Å². The van der Waals surface area contributed by atoms with E-state index in [2.05, 4.69) is 6.58 Å². The predicted octanol–water partition coefficient (Wildman–Crippen LogP) is 2.08. The molecule has 0 bridgehead atoms. The van der Waals surface area contributed by atoms with Gasteiger partial charge >= 0.3 is 5.97 Å². The maximum absolute atomic E-state index is 12.6. The Labute approximate surface area is 122 Å². The summed E-state index contributed by atoms with van der Waals surface area (Å²) in [4.78, 5) is 12.0. The van der Waals surface area contributed by atoms with Crippen LogP contribution in [0, 0.1) is 0 Å². The Hall–Kier alpha value is -2.34. The predicted molar refractivity (Wildman–Crippen MR) is 79.6 cm³/mol. The third kappa shape index (κ3) is 2.08. The van der Waals surface area contributed by atoms with E-state index >= 15 is 0 Å². The van der Waals surface area contributed by atoms with Crippen LogP contribution in [0.15, 0.2) is 53.9 Å². The van der Waals surface area contributed by atoms with Crippen LogP contribution < -0.4 is 4.31 Å². The lowest BCUT2D eigenvalue weighted by molar-refractivity contribution is -0.140. The maximum atomic E-state index is 12.6. The van der Waals surface area contributed by atoms with Crippen molar-refractivity contribution in [2.24, 2.45) is 0 Å². The molecule has 0 fully saturated rings. The fourth-order valence-electron chi connectivity index (χ4n) is 2.44. The summed E-state index contributed by atoms with van der Waals surface area (Å²) in [5, 5.41) is 1.48. The Morgan fingerprint density at radius 3 is 2.67 bits per heavy atom. The van der Waals surface area contributed by atoms with E-state index in [0.717, 1.165) is 9.69 Å². The molecule has 0 radical (unpaired) electrons. The zero-order chi connectivity index (χ0) is 15.0. The molecule has 6 heteroatoms. The van der Waals surface area contributed by atoms with Gasteiger partial charge in [0.1, 0.15) is 13.2 Å². The van der Waals surface area contributed by atoms with Gasteiger partial charge in [-0.15, -0.1) is 0 Å². The molecule has 3 rings (SSSR count). The Bertz CT molecular complexity index is 837. The zero-order valence-corrected chi connectivity index (χ0v) is 12.0. The van der Waals surface area contributed by atoms with E-state index in [0.29, 0.717) is 11.1 Å². The molecule has 0 aliphatic carbocycles. The molecule has 0 N–H and O–H groups in total. The Kier molecular flexibility index (Phi) is 3.17. The highest BCUT2D eigenvalue weighted by Crippen LogP contribution is 2.41. The third-order valence-electron chi connectivity index (χ3n) is 3.32. The SMILES string of the molecule is C=CCOC(=O)CN1c2cccc3cccc(c23)S1(=O)=O. The maximum Gasteiger partial charge on any atom is 0.327 e. The lowest BCUT2D eigenvalue weighted by Crippen LogP contribution is -2.33. The van der Waals surface area contributed by atoms with Crippen LogP contribution in [0.4, 0.5) is 5.69 Å². The summed E-state index contributed by atoms with van der Waals surface area (Å²) in [6, 6.07) is 10.4. The van der Waals surface area contributed by atoms with Gasteiger partial charge in [-0.25, -0.2) is 8.42 Å². The molecule has 1 aliphatic heterocycles. The number of benzene rings is 2. The first-order valence-electron chi connectivity index (χ1n) is 6.36. The fourth-order valence-corrected chi connectivity index (χ4v) is 4.10. The van der Waals surface area contributed by atoms with Crippen LogP contribution in [0.5, 0.6) is 0 Å².